The van der Waals surface area contributed by atoms with E-state index in [1.165, 1.54) is 16.0 Å². The lowest BCUT2D eigenvalue weighted by molar-refractivity contribution is 0.237. The first-order chi connectivity index (χ1) is 17.1. The molecule has 178 valence electrons. The Morgan fingerprint density at radius 2 is 1.86 bits per heavy atom. The van der Waals surface area contributed by atoms with Gasteiger partial charge in [0.15, 0.2) is 5.82 Å². The van der Waals surface area contributed by atoms with E-state index in [0.717, 1.165) is 34.3 Å². The molecule has 0 saturated carbocycles. The molecule has 0 saturated heterocycles. The highest BCUT2D eigenvalue weighted by atomic mass is 32.1. The van der Waals surface area contributed by atoms with Crippen LogP contribution < -0.4 is 5.56 Å². The number of aromatic amines is 1. The van der Waals surface area contributed by atoms with Crippen molar-refractivity contribution in [2.75, 3.05) is 0 Å². The van der Waals surface area contributed by atoms with Gasteiger partial charge in [0, 0.05) is 30.1 Å². The van der Waals surface area contributed by atoms with Gasteiger partial charge in [0.2, 0.25) is 0 Å². The second-order valence-electron chi connectivity index (χ2n) is 8.87. The molecule has 5 rings (SSSR count). The van der Waals surface area contributed by atoms with E-state index in [1.54, 1.807) is 11.3 Å². The number of aryl methyl sites for hydroxylation is 4. The Labute approximate surface area is 208 Å². The quantitative estimate of drug-likeness (QED) is 0.330. The first kappa shape index (κ1) is 23.1. The number of benzene rings is 2. The highest BCUT2D eigenvalue weighted by Gasteiger charge is 2.16. The van der Waals surface area contributed by atoms with Crippen LogP contribution in [0.15, 0.2) is 70.8 Å². The Morgan fingerprint density at radius 1 is 1.00 bits per heavy atom. The average Bonchev–Trinajstić information content (AvgIpc) is 3.54. The van der Waals surface area contributed by atoms with Crippen molar-refractivity contribution < 1.29 is 0 Å². The van der Waals surface area contributed by atoms with Gasteiger partial charge in [-0.05, 0) is 70.3 Å². The van der Waals surface area contributed by atoms with Crippen molar-refractivity contribution in [2.45, 2.75) is 46.4 Å². The van der Waals surface area contributed by atoms with Crippen molar-refractivity contribution in [1.82, 2.24) is 30.1 Å². The van der Waals surface area contributed by atoms with E-state index in [2.05, 4.69) is 74.1 Å². The molecule has 0 fully saturated rings. The molecule has 3 heterocycles. The van der Waals surface area contributed by atoms with Crippen LogP contribution in [-0.2, 0) is 32.6 Å². The first-order valence-electron chi connectivity index (χ1n) is 11.7. The summed E-state index contributed by atoms with van der Waals surface area (Å²) in [7, 11) is 0. The van der Waals surface area contributed by atoms with Gasteiger partial charge >= 0.3 is 0 Å². The fourth-order valence-electron chi connectivity index (χ4n) is 4.31. The molecule has 0 aliphatic rings. The highest BCUT2D eigenvalue weighted by Crippen LogP contribution is 2.21. The van der Waals surface area contributed by atoms with Crippen LogP contribution in [-0.4, -0.2) is 30.1 Å². The van der Waals surface area contributed by atoms with Crippen LogP contribution in [0.1, 0.15) is 33.0 Å². The second-order valence-corrected chi connectivity index (χ2v) is 9.91. The van der Waals surface area contributed by atoms with Gasteiger partial charge < -0.3 is 4.98 Å². The predicted molar refractivity (Wildman–Crippen MR) is 139 cm³/mol. The number of pyridine rings is 1. The fraction of sp³-hybridized carbons (Fsp3) is 0.259. The molecule has 2 aromatic carbocycles. The molecule has 35 heavy (non-hydrogen) atoms. The summed E-state index contributed by atoms with van der Waals surface area (Å²) in [5.41, 5.74) is 5.12. The Kier molecular flexibility index (Phi) is 6.83. The number of thiophene rings is 1. The van der Waals surface area contributed by atoms with Crippen LogP contribution in [0.25, 0.3) is 10.9 Å². The second kappa shape index (κ2) is 10.3. The Balaban J connectivity index is 1.39. The molecule has 0 amide bonds. The number of H-pyrrole nitrogens is 1. The third-order valence-electron chi connectivity index (χ3n) is 6.41. The van der Waals surface area contributed by atoms with E-state index in [-0.39, 0.29) is 5.56 Å². The van der Waals surface area contributed by atoms with Crippen LogP contribution in [0.3, 0.4) is 0 Å². The van der Waals surface area contributed by atoms with E-state index >= 15 is 0 Å². The first-order valence-corrected chi connectivity index (χ1v) is 12.6. The molecule has 8 heteroatoms. The number of hydrogen-bond donors (Lipinski definition) is 1. The van der Waals surface area contributed by atoms with E-state index < -0.39 is 0 Å². The molecule has 5 aromatic rings. The summed E-state index contributed by atoms with van der Waals surface area (Å²) in [4.78, 5) is 19.6. The maximum Gasteiger partial charge on any atom is 0.252 e. The van der Waals surface area contributed by atoms with Crippen molar-refractivity contribution in [3.63, 3.8) is 0 Å². The van der Waals surface area contributed by atoms with Crippen molar-refractivity contribution in [3.8, 4) is 0 Å². The van der Waals surface area contributed by atoms with Crippen LogP contribution in [0.2, 0.25) is 0 Å². The minimum Gasteiger partial charge on any atom is -0.321 e. The van der Waals surface area contributed by atoms with E-state index in [0.29, 0.717) is 26.2 Å². The number of hydrogen-bond acceptors (Lipinski definition) is 6. The van der Waals surface area contributed by atoms with Gasteiger partial charge in [-0.2, -0.15) is 0 Å². The number of nitrogens with one attached hydrogen (secondary N) is 1. The van der Waals surface area contributed by atoms with Crippen molar-refractivity contribution in [2.24, 2.45) is 0 Å². The smallest absolute Gasteiger partial charge is 0.252 e. The molecule has 0 aliphatic carbocycles. The van der Waals surface area contributed by atoms with Crippen LogP contribution in [0, 0.1) is 13.8 Å². The minimum absolute atomic E-state index is 0.0500. The zero-order valence-electron chi connectivity index (χ0n) is 19.9. The SMILES string of the molecule is Cc1ccc2cc(CN(Cc3cccs3)Cc3nnnn3CCc3ccccc3)c(=O)[nH]c2c1C. The standard InChI is InChI=1S/C27H28N6OS/c1-19-10-11-22-15-23(27(34)28-26(22)20(19)2)16-32(17-24-9-6-14-35-24)18-25-29-30-31-33(25)13-12-21-7-4-3-5-8-21/h3-11,14-15H,12-13,16-18H2,1-2H3,(H,28,34). The number of tetrazole rings is 1. The molecule has 0 atom stereocenters. The molecule has 0 radical (unpaired) electrons. The summed E-state index contributed by atoms with van der Waals surface area (Å²) in [5, 5.41) is 15.6. The van der Waals surface area contributed by atoms with Crippen LogP contribution >= 0.6 is 11.3 Å². The topological polar surface area (TPSA) is 79.7 Å². The Bertz CT molecular complexity index is 1470. The molecule has 0 unspecified atom stereocenters. The average molecular weight is 485 g/mol. The normalized spacial score (nSPS) is 11.5. The summed E-state index contributed by atoms with van der Waals surface area (Å²) in [6, 6.07) is 20.7. The molecule has 1 N–H and O–H groups in total. The van der Waals surface area contributed by atoms with Crippen molar-refractivity contribution in [1.29, 1.82) is 0 Å². The van der Waals surface area contributed by atoms with Gasteiger partial charge in [-0.3, -0.25) is 9.69 Å². The molecule has 7 nitrogen and oxygen atoms in total. The fourth-order valence-corrected chi connectivity index (χ4v) is 5.06. The summed E-state index contributed by atoms with van der Waals surface area (Å²) >= 11 is 1.71. The molecular formula is C27H28N6OS. The van der Waals surface area contributed by atoms with Gasteiger partial charge in [-0.25, -0.2) is 4.68 Å². The lowest BCUT2D eigenvalue weighted by Gasteiger charge is -2.21. The summed E-state index contributed by atoms with van der Waals surface area (Å²) < 4.78 is 1.87. The molecule has 0 aliphatic heterocycles. The zero-order valence-corrected chi connectivity index (χ0v) is 20.8. The van der Waals surface area contributed by atoms with Gasteiger partial charge in [-0.1, -0.05) is 48.5 Å². The maximum absolute atomic E-state index is 13.0. The van der Waals surface area contributed by atoms with Gasteiger partial charge in [0.25, 0.3) is 5.56 Å². The zero-order chi connectivity index (χ0) is 24.2. The Morgan fingerprint density at radius 3 is 2.66 bits per heavy atom. The predicted octanol–water partition coefficient (Wildman–Crippen LogP) is 4.64. The molecule has 0 bridgehead atoms. The largest absolute Gasteiger partial charge is 0.321 e. The highest BCUT2D eigenvalue weighted by molar-refractivity contribution is 7.09. The lowest BCUT2D eigenvalue weighted by atomic mass is 10.0. The summed E-state index contributed by atoms with van der Waals surface area (Å²) in [6.45, 7) is 6.57. The minimum atomic E-state index is -0.0500. The summed E-state index contributed by atoms with van der Waals surface area (Å²) in [5.74, 6) is 0.793. The van der Waals surface area contributed by atoms with E-state index in [4.69, 9.17) is 0 Å². The van der Waals surface area contributed by atoms with Crippen molar-refractivity contribution in [3.05, 3.63) is 109 Å². The lowest BCUT2D eigenvalue weighted by Crippen LogP contribution is -2.28. The third-order valence-corrected chi connectivity index (χ3v) is 7.27. The van der Waals surface area contributed by atoms with Crippen LogP contribution in [0.5, 0.6) is 0 Å². The maximum atomic E-state index is 13.0. The Hall–Kier alpha value is -3.62. The van der Waals surface area contributed by atoms with E-state index in [9.17, 15) is 4.79 Å². The number of fused-ring (bicyclic) bond motifs is 1. The van der Waals surface area contributed by atoms with Crippen LogP contribution in [0.4, 0.5) is 0 Å². The monoisotopic (exact) mass is 484 g/mol. The van der Waals surface area contributed by atoms with Gasteiger partial charge in [-0.15, -0.1) is 16.4 Å². The third kappa shape index (κ3) is 5.39. The van der Waals surface area contributed by atoms with E-state index in [1.807, 2.05) is 35.9 Å². The summed E-state index contributed by atoms with van der Waals surface area (Å²) in [6.07, 6.45) is 0.854. The van der Waals surface area contributed by atoms with Crippen molar-refractivity contribution >= 4 is 22.2 Å². The number of aromatic nitrogens is 5. The number of nitrogens with zero attached hydrogens (tertiary/aromatic N) is 5. The van der Waals surface area contributed by atoms with Gasteiger partial charge in [0.1, 0.15) is 0 Å². The number of rotatable bonds is 9. The van der Waals surface area contributed by atoms with Gasteiger partial charge in [0.05, 0.1) is 12.1 Å². The molecular weight excluding hydrogens is 456 g/mol. The molecule has 3 aromatic heterocycles. The molecule has 0 spiro atoms.